The molecule has 7 heavy (non-hydrogen) atoms. The average molecular weight is 165 g/mol. The summed E-state index contributed by atoms with van der Waals surface area (Å²) in [6, 6.07) is 0. The van der Waals surface area contributed by atoms with E-state index in [0.717, 1.165) is 0 Å². The standard InChI is InChI=1S/C3H4Cl3F/c4-1-2(5)3(6)7/h2-3H,1H2/t2-,3+/m1/s1. The molecule has 0 saturated carbocycles. The molecule has 0 radical (unpaired) electrons. The molecule has 4 heteroatoms. The van der Waals surface area contributed by atoms with Crippen LogP contribution >= 0.6 is 34.8 Å². The van der Waals surface area contributed by atoms with Gasteiger partial charge in [0.15, 0.2) is 5.63 Å². The molecule has 0 spiro atoms. The van der Waals surface area contributed by atoms with E-state index in [9.17, 15) is 4.39 Å². The summed E-state index contributed by atoms with van der Waals surface area (Å²) in [5.74, 6) is 0.0478. The molecule has 0 aromatic heterocycles. The van der Waals surface area contributed by atoms with Crippen LogP contribution in [-0.4, -0.2) is 16.9 Å². The maximum absolute atomic E-state index is 11.6. The van der Waals surface area contributed by atoms with Crippen molar-refractivity contribution in [2.75, 3.05) is 5.88 Å². The van der Waals surface area contributed by atoms with Crippen LogP contribution in [0.15, 0.2) is 0 Å². The summed E-state index contributed by atoms with van der Waals surface area (Å²) in [6.07, 6.45) is 0. The van der Waals surface area contributed by atoms with Crippen LogP contribution in [0.4, 0.5) is 4.39 Å². The first-order valence-corrected chi connectivity index (χ1v) is 3.07. The van der Waals surface area contributed by atoms with E-state index in [1.807, 2.05) is 0 Å². The van der Waals surface area contributed by atoms with Gasteiger partial charge in [0.1, 0.15) is 0 Å². The second-order valence-corrected chi connectivity index (χ2v) is 2.29. The van der Waals surface area contributed by atoms with E-state index in [4.69, 9.17) is 34.8 Å². The summed E-state index contributed by atoms with van der Waals surface area (Å²) >= 11 is 15.1. The van der Waals surface area contributed by atoms with Crippen LogP contribution in [0.25, 0.3) is 0 Å². The van der Waals surface area contributed by atoms with Gasteiger partial charge in [0.25, 0.3) is 0 Å². The van der Waals surface area contributed by atoms with Crippen molar-refractivity contribution in [1.29, 1.82) is 0 Å². The van der Waals surface area contributed by atoms with Gasteiger partial charge in [-0.1, -0.05) is 11.6 Å². The third-order valence-corrected chi connectivity index (χ3v) is 1.72. The van der Waals surface area contributed by atoms with E-state index < -0.39 is 11.0 Å². The number of hydrogen-bond donors (Lipinski definition) is 0. The molecule has 0 saturated heterocycles. The van der Waals surface area contributed by atoms with E-state index in [2.05, 4.69) is 0 Å². The predicted molar refractivity (Wildman–Crippen MR) is 31.1 cm³/mol. The van der Waals surface area contributed by atoms with Gasteiger partial charge in [-0.05, 0) is 0 Å². The first kappa shape index (κ1) is 7.80. The van der Waals surface area contributed by atoms with Gasteiger partial charge in [-0.2, -0.15) is 0 Å². The van der Waals surface area contributed by atoms with Crippen LogP contribution in [0.2, 0.25) is 0 Å². The van der Waals surface area contributed by atoms with Gasteiger partial charge in [0.05, 0.1) is 5.38 Å². The first-order chi connectivity index (χ1) is 3.18. The normalized spacial score (nSPS) is 18.9. The van der Waals surface area contributed by atoms with Crippen LogP contribution in [0.1, 0.15) is 0 Å². The van der Waals surface area contributed by atoms with Gasteiger partial charge in [0, 0.05) is 5.88 Å². The Kier molecular flexibility index (Phi) is 4.19. The molecule has 0 aromatic carbocycles. The minimum Gasteiger partial charge on any atom is -0.228 e. The lowest BCUT2D eigenvalue weighted by molar-refractivity contribution is 0.440. The van der Waals surface area contributed by atoms with E-state index in [-0.39, 0.29) is 5.88 Å². The number of alkyl halides is 4. The minimum atomic E-state index is -1.53. The summed E-state index contributed by atoms with van der Waals surface area (Å²) in [4.78, 5) is 0. The van der Waals surface area contributed by atoms with Crippen molar-refractivity contribution < 1.29 is 4.39 Å². The fourth-order valence-electron chi connectivity index (χ4n) is 0.0673. The van der Waals surface area contributed by atoms with Crippen molar-refractivity contribution in [3.8, 4) is 0 Å². The highest BCUT2D eigenvalue weighted by atomic mass is 35.5. The molecule has 0 aliphatic carbocycles. The SMILES string of the molecule is F[C@H](Cl)[C@H](Cl)CCl. The molecule has 0 aliphatic heterocycles. The van der Waals surface area contributed by atoms with E-state index in [1.165, 1.54) is 0 Å². The Bertz CT molecular complexity index is 47.4. The van der Waals surface area contributed by atoms with Gasteiger partial charge in [0.2, 0.25) is 0 Å². The molecular weight excluding hydrogens is 161 g/mol. The highest BCUT2D eigenvalue weighted by Crippen LogP contribution is 2.11. The zero-order chi connectivity index (χ0) is 5.86. The molecule has 0 amide bonds. The summed E-state index contributed by atoms with van der Waals surface area (Å²) in [5.41, 5.74) is -1.53. The quantitative estimate of drug-likeness (QED) is 0.551. The van der Waals surface area contributed by atoms with E-state index >= 15 is 0 Å². The highest BCUT2D eigenvalue weighted by Gasteiger charge is 2.12. The largest absolute Gasteiger partial charge is 0.228 e. The fraction of sp³-hybridized carbons (Fsp3) is 1.00. The maximum Gasteiger partial charge on any atom is 0.190 e. The fourth-order valence-corrected chi connectivity index (χ4v) is 0.404. The van der Waals surface area contributed by atoms with Crippen molar-refractivity contribution in [3.63, 3.8) is 0 Å². The Morgan fingerprint density at radius 3 is 1.86 bits per heavy atom. The third-order valence-electron chi connectivity index (χ3n) is 0.421. The predicted octanol–water partition coefficient (Wildman–Crippen LogP) is 2.37. The molecule has 0 rings (SSSR count). The van der Waals surface area contributed by atoms with Gasteiger partial charge >= 0.3 is 0 Å². The van der Waals surface area contributed by atoms with Gasteiger partial charge in [-0.3, -0.25) is 0 Å². The Hall–Kier alpha value is 0.800. The first-order valence-electron chi connectivity index (χ1n) is 1.66. The average Bonchev–Trinajstić information content (AvgIpc) is 1.65. The summed E-state index contributed by atoms with van der Waals surface area (Å²) in [5, 5.41) is -0.761. The molecule has 2 atom stereocenters. The molecule has 0 nitrogen and oxygen atoms in total. The van der Waals surface area contributed by atoms with Crippen LogP contribution in [0.5, 0.6) is 0 Å². The topological polar surface area (TPSA) is 0 Å². The summed E-state index contributed by atoms with van der Waals surface area (Å²) in [6.45, 7) is 0. The zero-order valence-electron chi connectivity index (χ0n) is 3.37. The van der Waals surface area contributed by atoms with Crippen molar-refractivity contribution in [3.05, 3.63) is 0 Å². The molecule has 0 aliphatic rings. The third kappa shape index (κ3) is 3.39. The van der Waals surface area contributed by atoms with Gasteiger partial charge < -0.3 is 0 Å². The van der Waals surface area contributed by atoms with Crippen molar-refractivity contribution >= 4 is 34.8 Å². The van der Waals surface area contributed by atoms with E-state index in [1.54, 1.807) is 0 Å². The Balaban J connectivity index is 3.14. The van der Waals surface area contributed by atoms with Crippen molar-refractivity contribution in [2.45, 2.75) is 11.0 Å². The molecule has 0 bridgehead atoms. The lowest BCUT2D eigenvalue weighted by Gasteiger charge is -2.00. The molecule has 0 aromatic rings. The summed E-state index contributed by atoms with van der Waals surface area (Å²) < 4.78 is 11.6. The molecule has 0 N–H and O–H groups in total. The smallest absolute Gasteiger partial charge is 0.190 e. The number of rotatable bonds is 2. The zero-order valence-corrected chi connectivity index (χ0v) is 5.64. The maximum atomic E-state index is 11.6. The van der Waals surface area contributed by atoms with Crippen LogP contribution in [0, 0.1) is 0 Å². The molecule has 0 unspecified atom stereocenters. The molecular formula is C3H4Cl3F. The lowest BCUT2D eigenvalue weighted by atomic mass is 10.5. The number of halogens is 4. The Morgan fingerprint density at radius 1 is 1.43 bits per heavy atom. The second-order valence-electron chi connectivity index (χ2n) is 1.00. The minimum absolute atomic E-state index is 0.0478. The van der Waals surface area contributed by atoms with Crippen LogP contribution in [0.3, 0.4) is 0 Å². The lowest BCUT2D eigenvalue weighted by Crippen LogP contribution is -2.10. The molecule has 44 valence electrons. The van der Waals surface area contributed by atoms with Crippen molar-refractivity contribution in [1.82, 2.24) is 0 Å². The monoisotopic (exact) mass is 164 g/mol. The Morgan fingerprint density at radius 2 is 1.86 bits per heavy atom. The van der Waals surface area contributed by atoms with Crippen LogP contribution in [-0.2, 0) is 0 Å². The summed E-state index contributed by atoms with van der Waals surface area (Å²) in [7, 11) is 0. The van der Waals surface area contributed by atoms with Gasteiger partial charge in [-0.25, -0.2) is 4.39 Å². The Labute approximate surface area is 56.5 Å². The van der Waals surface area contributed by atoms with E-state index in [0.29, 0.717) is 0 Å². The van der Waals surface area contributed by atoms with Crippen LogP contribution < -0.4 is 0 Å². The number of hydrogen-bond acceptors (Lipinski definition) is 0. The van der Waals surface area contributed by atoms with Gasteiger partial charge in [-0.15, -0.1) is 23.2 Å². The molecule has 0 heterocycles. The van der Waals surface area contributed by atoms with Crippen molar-refractivity contribution in [2.24, 2.45) is 0 Å². The molecule has 0 fully saturated rings. The highest BCUT2D eigenvalue weighted by molar-refractivity contribution is 6.33. The second kappa shape index (κ2) is 3.76.